The monoisotopic (exact) mass is 289 g/mol. The van der Waals surface area contributed by atoms with Crippen LogP contribution in [0.25, 0.3) is 0 Å². The molecule has 0 aromatic heterocycles. The maximum absolute atomic E-state index is 12.3. The first-order valence-electron chi connectivity index (χ1n) is 7.70. The van der Waals surface area contributed by atoms with Crippen molar-refractivity contribution in [2.24, 2.45) is 11.8 Å². The third kappa shape index (κ3) is 4.59. The Hall–Kier alpha value is -1.84. The number of carbonyl (C=O) groups excluding carboxylic acids is 1. The maximum Gasteiger partial charge on any atom is 0.307 e. The number of carboxylic acids is 1. The topological polar surface area (TPSA) is 66.4 Å². The molecule has 1 aliphatic carbocycles. The summed E-state index contributed by atoms with van der Waals surface area (Å²) < 4.78 is 0. The summed E-state index contributed by atoms with van der Waals surface area (Å²) in [6.45, 7) is 2.21. The second-order valence-electron chi connectivity index (χ2n) is 5.89. The number of hydrogen-bond acceptors (Lipinski definition) is 2. The fraction of sp³-hybridized carbons (Fsp3) is 0.529. The van der Waals surface area contributed by atoms with E-state index < -0.39 is 5.97 Å². The van der Waals surface area contributed by atoms with Crippen molar-refractivity contribution in [3.05, 3.63) is 29.8 Å². The number of aliphatic carboxylic acids is 1. The van der Waals surface area contributed by atoms with Crippen LogP contribution in [0.5, 0.6) is 0 Å². The Morgan fingerprint density at radius 1 is 1.24 bits per heavy atom. The quantitative estimate of drug-likeness (QED) is 0.872. The van der Waals surface area contributed by atoms with E-state index >= 15 is 0 Å². The predicted molar refractivity (Wildman–Crippen MR) is 82.2 cm³/mol. The van der Waals surface area contributed by atoms with E-state index in [1.165, 1.54) is 6.42 Å². The zero-order valence-corrected chi connectivity index (χ0v) is 12.5. The number of rotatable bonds is 5. The number of anilines is 1. The minimum atomic E-state index is -0.864. The number of amides is 1. The average Bonchev–Trinajstić information content (AvgIpc) is 2.47. The van der Waals surface area contributed by atoms with E-state index in [9.17, 15) is 9.59 Å². The van der Waals surface area contributed by atoms with Gasteiger partial charge in [-0.05, 0) is 49.3 Å². The van der Waals surface area contributed by atoms with Crippen LogP contribution in [-0.2, 0) is 16.0 Å². The number of benzene rings is 1. The van der Waals surface area contributed by atoms with Crippen LogP contribution < -0.4 is 5.32 Å². The molecule has 114 valence electrons. The first kappa shape index (κ1) is 15.5. The molecule has 0 unspecified atom stereocenters. The van der Waals surface area contributed by atoms with Gasteiger partial charge in [-0.15, -0.1) is 0 Å². The summed E-state index contributed by atoms with van der Waals surface area (Å²) in [6, 6.07) is 7.09. The Kier molecular flexibility index (Phi) is 5.37. The molecule has 1 aromatic rings. The molecule has 21 heavy (non-hydrogen) atoms. The molecular formula is C17H23NO3. The zero-order chi connectivity index (χ0) is 15.2. The third-order valence-corrected chi connectivity index (χ3v) is 4.34. The SMILES string of the molecule is CCC1CCC(C(=O)Nc2cccc(CC(=O)O)c2)CC1. The Morgan fingerprint density at radius 3 is 2.57 bits per heavy atom. The van der Waals surface area contributed by atoms with Gasteiger partial charge in [0.2, 0.25) is 5.91 Å². The fourth-order valence-corrected chi connectivity index (χ4v) is 3.01. The van der Waals surface area contributed by atoms with Crippen LogP contribution in [0.15, 0.2) is 24.3 Å². The second-order valence-corrected chi connectivity index (χ2v) is 5.89. The molecule has 1 amide bonds. The van der Waals surface area contributed by atoms with Gasteiger partial charge in [-0.25, -0.2) is 0 Å². The van der Waals surface area contributed by atoms with Gasteiger partial charge in [0.25, 0.3) is 0 Å². The Morgan fingerprint density at radius 2 is 1.95 bits per heavy atom. The molecule has 0 radical (unpaired) electrons. The summed E-state index contributed by atoms with van der Waals surface area (Å²) in [5, 5.41) is 11.7. The zero-order valence-electron chi connectivity index (χ0n) is 12.5. The minimum absolute atomic E-state index is 0.0225. The number of hydrogen-bond donors (Lipinski definition) is 2. The Bertz CT molecular complexity index is 505. The van der Waals surface area contributed by atoms with Crippen LogP contribution in [0.3, 0.4) is 0 Å². The number of nitrogens with one attached hydrogen (secondary N) is 1. The van der Waals surface area contributed by atoms with Crippen molar-refractivity contribution >= 4 is 17.6 Å². The molecule has 2 rings (SSSR count). The van der Waals surface area contributed by atoms with E-state index in [4.69, 9.17) is 5.11 Å². The van der Waals surface area contributed by atoms with Gasteiger partial charge in [0, 0.05) is 11.6 Å². The van der Waals surface area contributed by atoms with Crippen molar-refractivity contribution in [2.75, 3.05) is 5.32 Å². The summed E-state index contributed by atoms with van der Waals surface area (Å²) in [6.07, 6.45) is 5.36. The average molecular weight is 289 g/mol. The molecule has 0 aliphatic heterocycles. The lowest BCUT2D eigenvalue weighted by molar-refractivity contribution is -0.136. The van der Waals surface area contributed by atoms with Gasteiger partial charge in [0.15, 0.2) is 0 Å². The Labute approximate surface area is 125 Å². The summed E-state index contributed by atoms with van der Waals surface area (Å²) >= 11 is 0. The maximum atomic E-state index is 12.3. The van der Waals surface area contributed by atoms with Crippen molar-refractivity contribution in [3.63, 3.8) is 0 Å². The molecule has 1 fully saturated rings. The van der Waals surface area contributed by atoms with Crippen LogP contribution >= 0.6 is 0 Å². The standard InChI is InChI=1S/C17H23NO3/c1-2-12-6-8-14(9-7-12)17(21)18-15-5-3-4-13(10-15)11-16(19)20/h3-5,10,12,14H,2,6-9,11H2,1H3,(H,18,21)(H,19,20). The van der Waals surface area contributed by atoms with E-state index in [0.717, 1.165) is 31.6 Å². The van der Waals surface area contributed by atoms with Gasteiger partial charge in [-0.1, -0.05) is 25.5 Å². The van der Waals surface area contributed by atoms with Crippen molar-refractivity contribution < 1.29 is 14.7 Å². The van der Waals surface area contributed by atoms with E-state index in [2.05, 4.69) is 12.2 Å². The summed E-state index contributed by atoms with van der Waals surface area (Å²) in [5.41, 5.74) is 1.39. The molecule has 0 spiro atoms. The molecule has 0 saturated heterocycles. The summed E-state index contributed by atoms with van der Waals surface area (Å²) in [5.74, 6) is 0.0669. The molecule has 0 bridgehead atoms. The Balaban J connectivity index is 1.92. The van der Waals surface area contributed by atoms with Gasteiger partial charge in [0.05, 0.1) is 6.42 Å². The van der Waals surface area contributed by atoms with Gasteiger partial charge in [0.1, 0.15) is 0 Å². The molecule has 2 N–H and O–H groups in total. The van der Waals surface area contributed by atoms with Crippen molar-refractivity contribution in [3.8, 4) is 0 Å². The number of carbonyl (C=O) groups is 2. The van der Waals surface area contributed by atoms with Gasteiger partial charge in [-0.2, -0.15) is 0 Å². The highest BCUT2D eigenvalue weighted by atomic mass is 16.4. The molecule has 4 heteroatoms. The van der Waals surface area contributed by atoms with Crippen LogP contribution in [-0.4, -0.2) is 17.0 Å². The highest BCUT2D eigenvalue weighted by Crippen LogP contribution is 2.31. The van der Waals surface area contributed by atoms with Crippen LogP contribution in [0.1, 0.15) is 44.6 Å². The predicted octanol–water partition coefficient (Wildman–Crippen LogP) is 3.47. The molecule has 0 atom stereocenters. The summed E-state index contributed by atoms with van der Waals surface area (Å²) in [4.78, 5) is 23.0. The summed E-state index contributed by atoms with van der Waals surface area (Å²) in [7, 11) is 0. The molecule has 4 nitrogen and oxygen atoms in total. The van der Waals surface area contributed by atoms with Gasteiger partial charge < -0.3 is 10.4 Å². The first-order chi connectivity index (χ1) is 10.1. The lowest BCUT2D eigenvalue weighted by Gasteiger charge is -2.26. The molecule has 1 aromatic carbocycles. The lowest BCUT2D eigenvalue weighted by Crippen LogP contribution is -2.27. The second kappa shape index (κ2) is 7.25. The van der Waals surface area contributed by atoms with Crippen molar-refractivity contribution in [1.29, 1.82) is 0 Å². The van der Waals surface area contributed by atoms with Crippen molar-refractivity contribution in [2.45, 2.75) is 45.4 Å². The highest BCUT2D eigenvalue weighted by Gasteiger charge is 2.25. The smallest absolute Gasteiger partial charge is 0.307 e. The van der Waals surface area contributed by atoms with Crippen molar-refractivity contribution in [1.82, 2.24) is 0 Å². The van der Waals surface area contributed by atoms with E-state index in [-0.39, 0.29) is 18.2 Å². The minimum Gasteiger partial charge on any atom is -0.481 e. The lowest BCUT2D eigenvalue weighted by atomic mass is 9.80. The normalized spacial score (nSPS) is 21.8. The third-order valence-electron chi connectivity index (χ3n) is 4.34. The van der Waals surface area contributed by atoms with Gasteiger partial charge >= 0.3 is 5.97 Å². The molecule has 1 saturated carbocycles. The van der Waals surface area contributed by atoms with E-state index in [1.807, 2.05) is 0 Å². The van der Waals surface area contributed by atoms with Crippen LogP contribution in [0.4, 0.5) is 5.69 Å². The number of carboxylic acid groups (broad SMARTS) is 1. The van der Waals surface area contributed by atoms with Gasteiger partial charge in [-0.3, -0.25) is 9.59 Å². The van der Waals surface area contributed by atoms with E-state index in [0.29, 0.717) is 11.3 Å². The first-order valence-corrected chi connectivity index (χ1v) is 7.70. The fourth-order valence-electron chi connectivity index (χ4n) is 3.01. The van der Waals surface area contributed by atoms with E-state index in [1.54, 1.807) is 24.3 Å². The molecular weight excluding hydrogens is 266 g/mol. The van der Waals surface area contributed by atoms with Crippen LogP contribution in [0.2, 0.25) is 0 Å². The highest BCUT2D eigenvalue weighted by molar-refractivity contribution is 5.92. The largest absolute Gasteiger partial charge is 0.481 e. The molecule has 1 aliphatic rings. The molecule has 0 heterocycles. The van der Waals surface area contributed by atoms with Crippen LogP contribution in [0, 0.1) is 11.8 Å².